The fourth-order valence-corrected chi connectivity index (χ4v) is 4.21. The Balaban J connectivity index is 1.52. The zero-order chi connectivity index (χ0) is 25.2. The van der Waals surface area contributed by atoms with Gasteiger partial charge in [0.2, 0.25) is 0 Å². The number of nitrogens with zero attached hydrogens (tertiary/aromatic N) is 5. The number of hydrogen-bond acceptors (Lipinski definition) is 5. The van der Waals surface area contributed by atoms with Crippen molar-refractivity contribution in [2.75, 3.05) is 13.1 Å². The Morgan fingerprint density at radius 3 is 2.40 bits per heavy atom. The quantitative estimate of drug-likeness (QED) is 0.482. The van der Waals surface area contributed by atoms with Crippen molar-refractivity contribution in [3.63, 3.8) is 0 Å². The molecule has 1 fully saturated rings. The van der Waals surface area contributed by atoms with Crippen LogP contribution in [0.4, 0.5) is 17.6 Å². The van der Waals surface area contributed by atoms with Crippen molar-refractivity contribution in [1.29, 1.82) is 5.26 Å². The van der Waals surface area contributed by atoms with E-state index in [0.29, 0.717) is 36.0 Å². The van der Waals surface area contributed by atoms with Crippen molar-refractivity contribution >= 4 is 5.91 Å². The predicted octanol–water partition coefficient (Wildman–Crippen LogP) is 4.92. The van der Waals surface area contributed by atoms with Gasteiger partial charge in [-0.05, 0) is 49.6 Å². The maximum absolute atomic E-state index is 14.6. The third-order valence-electron chi connectivity index (χ3n) is 6.27. The number of nitriles is 1. The highest BCUT2D eigenvalue weighted by Crippen LogP contribution is 2.38. The normalized spacial score (nSPS) is 15.5. The van der Waals surface area contributed by atoms with Crippen molar-refractivity contribution in [2.45, 2.75) is 32.1 Å². The summed E-state index contributed by atoms with van der Waals surface area (Å²) in [6.45, 7) is 0.917. The second-order valence-electron chi connectivity index (χ2n) is 8.66. The van der Waals surface area contributed by atoms with Gasteiger partial charge in [-0.25, -0.2) is 27.5 Å². The van der Waals surface area contributed by atoms with Crippen LogP contribution in [0.25, 0.3) is 11.4 Å². The molecule has 4 rings (SSSR count). The molecule has 10 heteroatoms. The molecule has 1 aromatic carbocycles. The van der Waals surface area contributed by atoms with Gasteiger partial charge in [0, 0.05) is 43.5 Å². The van der Waals surface area contributed by atoms with Crippen molar-refractivity contribution in [2.24, 2.45) is 5.41 Å². The topological polar surface area (TPSA) is 82.8 Å². The van der Waals surface area contributed by atoms with E-state index in [0.717, 1.165) is 0 Å². The van der Waals surface area contributed by atoms with Crippen LogP contribution in [0.5, 0.6) is 0 Å². The van der Waals surface area contributed by atoms with E-state index >= 15 is 0 Å². The first-order chi connectivity index (χ1) is 16.6. The molecule has 35 heavy (non-hydrogen) atoms. The number of likely N-dealkylation sites (tertiary alicyclic amines) is 1. The first kappa shape index (κ1) is 24.3. The molecule has 0 N–H and O–H groups in total. The van der Waals surface area contributed by atoms with E-state index in [-0.39, 0.29) is 38.3 Å². The van der Waals surface area contributed by atoms with E-state index in [9.17, 15) is 27.6 Å². The highest BCUT2D eigenvalue weighted by molar-refractivity contribution is 5.99. The van der Waals surface area contributed by atoms with E-state index in [1.165, 1.54) is 6.33 Å². The Kier molecular flexibility index (Phi) is 6.52. The van der Waals surface area contributed by atoms with Gasteiger partial charge in [-0.15, -0.1) is 0 Å². The van der Waals surface area contributed by atoms with Crippen LogP contribution in [-0.4, -0.2) is 38.8 Å². The summed E-state index contributed by atoms with van der Waals surface area (Å²) in [6.07, 6.45) is 4.50. The summed E-state index contributed by atoms with van der Waals surface area (Å²) < 4.78 is 56.2. The Hall–Kier alpha value is -3.87. The van der Waals surface area contributed by atoms with E-state index in [4.69, 9.17) is 0 Å². The summed E-state index contributed by atoms with van der Waals surface area (Å²) in [6, 6.07) is 8.28. The van der Waals surface area contributed by atoms with Gasteiger partial charge >= 0.3 is 0 Å². The highest BCUT2D eigenvalue weighted by Gasteiger charge is 2.39. The molecule has 3 heterocycles. The molecule has 1 saturated heterocycles. The zero-order valence-electron chi connectivity index (χ0n) is 18.8. The van der Waals surface area contributed by atoms with Gasteiger partial charge < -0.3 is 4.90 Å². The number of alkyl halides is 2. The van der Waals surface area contributed by atoms with E-state index in [1.807, 2.05) is 0 Å². The molecule has 3 aromatic rings. The van der Waals surface area contributed by atoms with Gasteiger partial charge in [0.15, 0.2) is 0 Å². The molecule has 1 aliphatic heterocycles. The molecule has 0 aliphatic carbocycles. The van der Waals surface area contributed by atoms with Gasteiger partial charge in [0.05, 0.1) is 22.7 Å². The second-order valence-corrected chi connectivity index (χ2v) is 8.66. The monoisotopic (exact) mass is 483 g/mol. The van der Waals surface area contributed by atoms with Crippen LogP contribution in [0.3, 0.4) is 0 Å². The number of hydrogen-bond donors (Lipinski definition) is 0. The molecule has 0 bridgehead atoms. The number of rotatable bonds is 5. The number of pyridine rings is 1. The second kappa shape index (κ2) is 9.41. The molecule has 2 aromatic heterocycles. The Labute approximate surface area is 199 Å². The fourth-order valence-electron chi connectivity index (χ4n) is 4.21. The van der Waals surface area contributed by atoms with Gasteiger partial charge in [-0.3, -0.25) is 9.78 Å². The first-order valence-electron chi connectivity index (χ1n) is 10.9. The van der Waals surface area contributed by atoms with E-state index < -0.39 is 34.1 Å². The number of carbonyl (C=O) groups is 1. The van der Waals surface area contributed by atoms with Crippen molar-refractivity contribution in [1.82, 2.24) is 19.9 Å². The van der Waals surface area contributed by atoms with Crippen LogP contribution in [0.15, 0.2) is 49.1 Å². The molecular weight excluding hydrogens is 462 g/mol. The molecule has 1 aliphatic rings. The minimum Gasteiger partial charge on any atom is -0.338 e. The lowest BCUT2D eigenvalue weighted by Crippen LogP contribution is -2.44. The molecule has 180 valence electrons. The lowest BCUT2D eigenvalue weighted by molar-refractivity contribution is 0.0167. The number of carbonyl (C=O) groups excluding carboxylic acids is 1. The summed E-state index contributed by atoms with van der Waals surface area (Å²) in [5.41, 5.74) is -1.09. The van der Waals surface area contributed by atoms with Gasteiger partial charge in [-0.2, -0.15) is 5.26 Å². The van der Waals surface area contributed by atoms with Crippen molar-refractivity contribution < 1.29 is 22.4 Å². The third-order valence-corrected chi connectivity index (χ3v) is 6.27. The zero-order valence-corrected chi connectivity index (χ0v) is 18.8. The van der Waals surface area contributed by atoms with Crippen LogP contribution >= 0.6 is 0 Å². The Morgan fingerprint density at radius 2 is 1.83 bits per heavy atom. The standard InChI is InChI=1S/C25H21F4N5O/c1-24(28,29)16-11-19(26)18(20(27)12-16)13-25(14-30)5-9-34(10-6-25)23(35)17-3-2-7-32-22(17)21-4-8-31-15-33-21/h2-4,7-8,11-12,15H,5-6,9-10,13H2,1H3. The summed E-state index contributed by atoms with van der Waals surface area (Å²) in [4.78, 5) is 27.1. The largest absolute Gasteiger partial charge is 0.338 e. The SMILES string of the molecule is CC(F)(F)c1cc(F)c(CC2(C#N)CCN(C(=O)c3cccnc3-c3ccncn3)CC2)c(F)c1. The lowest BCUT2D eigenvalue weighted by Gasteiger charge is -2.37. The van der Waals surface area contributed by atoms with Gasteiger partial charge in [0.25, 0.3) is 11.8 Å². The highest BCUT2D eigenvalue weighted by atomic mass is 19.3. The molecule has 0 spiro atoms. The molecule has 1 amide bonds. The lowest BCUT2D eigenvalue weighted by atomic mass is 9.74. The summed E-state index contributed by atoms with van der Waals surface area (Å²) >= 11 is 0. The van der Waals surface area contributed by atoms with Crippen LogP contribution in [0, 0.1) is 28.4 Å². The van der Waals surface area contributed by atoms with Crippen molar-refractivity contribution in [3.05, 3.63) is 77.4 Å². The number of aromatic nitrogens is 3. The van der Waals surface area contributed by atoms with E-state index in [1.54, 1.807) is 35.5 Å². The maximum atomic E-state index is 14.6. The average Bonchev–Trinajstić information content (AvgIpc) is 2.86. The Morgan fingerprint density at radius 1 is 1.14 bits per heavy atom. The van der Waals surface area contributed by atoms with E-state index in [2.05, 4.69) is 21.0 Å². The fraction of sp³-hybridized carbons (Fsp3) is 0.320. The number of amides is 1. The van der Waals surface area contributed by atoms with Gasteiger partial charge in [-0.1, -0.05) is 0 Å². The molecule has 0 atom stereocenters. The molecule has 0 saturated carbocycles. The Bertz CT molecular complexity index is 1260. The van der Waals surface area contributed by atoms with Crippen molar-refractivity contribution in [3.8, 4) is 17.5 Å². The number of benzene rings is 1. The number of halogens is 4. The summed E-state index contributed by atoms with van der Waals surface area (Å²) in [5.74, 6) is -5.92. The minimum absolute atomic E-state index is 0.170. The minimum atomic E-state index is -3.39. The molecular formula is C25H21F4N5O. The first-order valence-corrected chi connectivity index (χ1v) is 10.9. The molecule has 0 radical (unpaired) electrons. The van der Waals surface area contributed by atoms with Crippen LogP contribution < -0.4 is 0 Å². The summed E-state index contributed by atoms with van der Waals surface area (Å²) in [5, 5.41) is 9.86. The molecule has 6 nitrogen and oxygen atoms in total. The number of piperidine rings is 1. The molecule has 0 unspecified atom stereocenters. The predicted molar refractivity (Wildman–Crippen MR) is 118 cm³/mol. The maximum Gasteiger partial charge on any atom is 0.270 e. The summed E-state index contributed by atoms with van der Waals surface area (Å²) in [7, 11) is 0. The van der Waals surface area contributed by atoms with Crippen LogP contribution in [0.2, 0.25) is 0 Å². The smallest absolute Gasteiger partial charge is 0.270 e. The van der Waals surface area contributed by atoms with Crippen LogP contribution in [0.1, 0.15) is 41.3 Å². The average molecular weight is 483 g/mol. The van der Waals surface area contributed by atoms with Gasteiger partial charge in [0.1, 0.15) is 23.7 Å². The third kappa shape index (κ3) is 4.99. The van der Waals surface area contributed by atoms with Crippen LogP contribution in [-0.2, 0) is 12.3 Å².